The van der Waals surface area contributed by atoms with Crippen LogP contribution in [0.3, 0.4) is 0 Å². The first-order valence-electron chi connectivity index (χ1n) is 8.68. The Labute approximate surface area is 153 Å². The van der Waals surface area contributed by atoms with Crippen LogP contribution in [-0.4, -0.2) is 54.0 Å². The molecule has 0 atom stereocenters. The minimum absolute atomic E-state index is 0.232. The lowest BCUT2D eigenvalue weighted by molar-refractivity contribution is -0.133. The topological polar surface area (TPSA) is 45.7 Å². The van der Waals surface area contributed by atoms with Crippen molar-refractivity contribution in [1.82, 2.24) is 14.8 Å². The average molecular weight is 359 g/mol. The van der Waals surface area contributed by atoms with E-state index in [0.717, 1.165) is 61.2 Å². The molecule has 1 aliphatic rings. The highest BCUT2D eigenvalue weighted by Gasteiger charge is 2.21. The largest absolute Gasteiger partial charge is 0.496 e. The maximum atomic E-state index is 12.5. The number of aromatic nitrogens is 1. The van der Waals surface area contributed by atoms with Gasteiger partial charge in [-0.25, -0.2) is 4.98 Å². The third-order valence-corrected chi connectivity index (χ3v) is 5.40. The summed E-state index contributed by atoms with van der Waals surface area (Å²) in [5.74, 6) is 1.09. The van der Waals surface area contributed by atoms with Gasteiger partial charge in [-0.2, -0.15) is 0 Å². The fourth-order valence-electron chi connectivity index (χ4n) is 3.17. The predicted octanol–water partition coefficient (Wildman–Crippen LogP) is 2.74. The van der Waals surface area contributed by atoms with Crippen molar-refractivity contribution in [3.05, 3.63) is 45.9 Å². The minimum Gasteiger partial charge on any atom is -0.496 e. The van der Waals surface area contributed by atoms with Gasteiger partial charge in [0.05, 0.1) is 17.8 Å². The molecule has 1 aromatic carbocycles. The molecule has 0 radical (unpaired) electrons. The monoisotopic (exact) mass is 359 g/mol. The minimum atomic E-state index is 0.232. The van der Waals surface area contributed by atoms with Crippen molar-refractivity contribution in [2.75, 3.05) is 33.3 Å². The number of thiazole rings is 1. The summed E-state index contributed by atoms with van der Waals surface area (Å²) in [6.07, 6.45) is 1.26. The molecule has 6 heteroatoms. The standard InChI is InChI=1S/C19H25N3O2S/c1-15-20-17(14-25-15)13-21-9-11-22(12-10-21)19(23)8-7-16-5-3-4-6-18(16)24-2/h3-6,14H,7-13H2,1-2H3. The summed E-state index contributed by atoms with van der Waals surface area (Å²) >= 11 is 1.69. The molecule has 5 nitrogen and oxygen atoms in total. The highest BCUT2D eigenvalue weighted by Crippen LogP contribution is 2.19. The van der Waals surface area contributed by atoms with Gasteiger partial charge in [0.15, 0.2) is 0 Å². The van der Waals surface area contributed by atoms with Crippen LogP contribution in [0.15, 0.2) is 29.6 Å². The van der Waals surface area contributed by atoms with E-state index in [0.29, 0.717) is 6.42 Å². The van der Waals surface area contributed by atoms with E-state index in [1.54, 1.807) is 18.4 Å². The van der Waals surface area contributed by atoms with E-state index in [-0.39, 0.29) is 5.91 Å². The van der Waals surface area contributed by atoms with Gasteiger partial charge in [-0.3, -0.25) is 9.69 Å². The molecule has 3 rings (SSSR count). The Balaban J connectivity index is 1.45. The van der Waals surface area contributed by atoms with E-state index < -0.39 is 0 Å². The highest BCUT2D eigenvalue weighted by molar-refractivity contribution is 7.09. The average Bonchev–Trinajstić information content (AvgIpc) is 3.05. The molecule has 25 heavy (non-hydrogen) atoms. The van der Waals surface area contributed by atoms with Crippen LogP contribution in [0.1, 0.15) is 22.7 Å². The number of rotatable bonds is 6. The lowest BCUT2D eigenvalue weighted by atomic mass is 10.1. The molecule has 1 aliphatic heterocycles. The second kappa shape index (κ2) is 8.45. The summed E-state index contributed by atoms with van der Waals surface area (Å²) in [5, 5.41) is 3.24. The van der Waals surface area contributed by atoms with Crippen LogP contribution < -0.4 is 4.74 Å². The normalized spacial score (nSPS) is 15.4. The van der Waals surface area contributed by atoms with Gasteiger partial charge in [0.2, 0.25) is 5.91 Å². The third-order valence-electron chi connectivity index (χ3n) is 4.58. The van der Waals surface area contributed by atoms with E-state index in [1.165, 1.54) is 0 Å². The molecule has 2 heterocycles. The molecule has 1 fully saturated rings. The van der Waals surface area contributed by atoms with Crippen LogP contribution in [0.4, 0.5) is 0 Å². The summed E-state index contributed by atoms with van der Waals surface area (Å²) in [6.45, 7) is 6.34. The Kier molecular flexibility index (Phi) is 6.04. The molecule has 1 aromatic heterocycles. The summed E-state index contributed by atoms with van der Waals surface area (Å²) in [4.78, 5) is 21.4. The molecule has 1 amide bonds. The first kappa shape index (κ1) is 17.9. The Morgan fingerprint density at radius 1 is 1.24 bits per heavy atom. The Hall–Kier alpha value is -1.92. The molecule has 0 N–H and O–H groups in total. The van der Waals surface area contributed by atoms with Gasteiger partial charge >= 0.3 is 0 Å². The van der Waals surface area contributed by atoms with Gasteiger partial charge in [-0.05, 0) is 25.0 Å². The molecule has 1 saturated heterocycles. The van der Waals surface area contributed by atoms with Crippen LogP contribution in [-0.2, 0) is 17.8 Å². The number of aryl methyl sites for hydroxylation is 2. The molecule has 2 aromatic rings. The zero-order valence-corrected chi connectivity index (χ0v) is 15.7. The van der Waals surface area contributed by atoms with Crippen molar-refractivity contribution in [2.24, 2.45) is 0 Å². The summed E-state index contributed by atoms with van der Waals surface area (Å²) in [7, 11) is 1.67. The second-order valence-corrected chi connectivity index (χ2v) is 7.39. The number of para-hydroxylation sites is 1. The number of methoxy groups -OCH3 is 1. The molecule has 0 aliphatic carbocycles. The van der Waals surface area contributed by atoms with E-state index in [4.69, 9.17) is 4.74 Å². The number of amides is 1. The molecule has 0 spiro atoms. The molecule has 0 bridgehead atoms. The van der Waals surface area contributed by atoms with Crippen molar-refractivity contribution in [3.63, 3.8) is 0 Å². The number of carbonyl (C=O) groups excluding carboxylic acids is 1. The van der Waals surface area contributed by atoms with Crippen LogP contribution in [0.2, 0.25) is 0 Å². The number of ether oxygens (including phenoxy) is 1. The zero-order valence-electron chi connectivity index (χ0n) is 14.9. The van der Waals surface area contributed by atoms with Gasteiger partial charge in [-0.1, -0.05) is 18.2 Å². The van der Waals surface area contributed by atoms with Crippen molar-refractivity contribution in [2.45, 2.75) is 26.3 Å². The quantitative estimate of drug-likeness (QED) is 0.796. The lowest BCUT2D eigenvalue weighted by Gasteiger charge is -2.34. The van der Waals surface area contributed by atoms with Gasteiger partial charge in [0.25, 0.3) is 0 Å². The number of carbonyl (C=O) groups is 1. The summed E-state index contributed by atoms with van der Waals surface area (Å²) in [5.41, 5.74) is 2.23. The molecular weight excluding hydrogens is 334 g/mol. The molecular formula is C19H25N3O2S. The number of piperazine rings is 1. The second-order valence-electron chi connectivity index (χ2n) is 6.33. The lowest BCUT2D eigenvalue weighted by Crippen LogP contribution is -2.48. The highest BCUT2D eigenvalue weighted by atomic mass is 32.1. The maximum Gasteiger partial charge on any atom is 0.222 e. The smallest absolute Gasteiger partial charge is 0.222 e. The van der Waals surface area contributed by atoms with Crippen molar-refractivity contribution in [3.8, 4) is 5.75 Å². The van der Waals surface area contributed by atoms with Crippen LogP contribution in [0.5, 0.6) is 5.75 Å². The van der Waals surface area contributed by atoms with Crippen LogP contribution in [0, 0.1) is 6.92 Å². The predicted molar refractivity (Wildman–Crippen MR) is 100 cm³/mol. The van der Waals surface area contributed by atoms with E-state index in [2.05, 4.69) is 15.3 Å². The van der Waals surface area contributed by atoms with Crippen LogP contribution in [0.25, 0.3) is 0 Å². The number of hydrogen-bond donors (Lipinski definition) is 0. The van der Waals surface area contributed by atoms with Gasteiger partial charge in [0.1, 0.15) is 5.75 Å². The van der Waals surface area contributed by atoms with Crippen molar-refractivity contribution in [1.29, 1.82) is 0 Å². The SMILES string of the molecule is COc1ccccc1CCC(=O)N1CCN(Cc2csc(C)n2)CC1. The zero-order chi connectivity index (χ0) is 17.6. The Morgan fingerprint density at radius 2 is 2.00 bits per heavy atom. The number of nitrogens with zero attached hydrogens (tertiary/aromatic N) is 3. The summed E-state index contributed by atoms with van der Waals surface area (Å²) < 4.78 is 5.36. The fraction of sp³-hybridized carbons (Fsp3) is 0.474. The fourth-order valence-corrected chi connectivity index (χ4v) is 3.78. The van der Waals surface area contributed by atoms with E-state index in [1.807, 2.05) is 36.1 Å². The summed E-state index contributed by atoms with van der Waals surface area (Å²) in [6, 6.07) is 7.91. The number of benzene rings is 1. The Bertz CT molecular complexity index is 708. The van der Waals surface area contributed by atoms with E-state index >= 15 is 0 Å². The molecule has 134 valence electrons. The van der Waals surface area contributed by atoms with Crippen LogP contribution >= 0.6 is 11.3 Å². The van der Waals surface area contributed by atoms with Gasteiger partial charge < -0.3 is 9.64 Å². The van der Waals surface area contributed by atoms with E-state index in [9.17, 15) is 4.79 Å². The Morgan fingerprint density at radius 3 is 2.68 bits per heavy atom. The first-order chi connectivity index (χ1) is 12.2. The molecule has 0 saturated carbocycles. The van der Waals surface area contributed by atoms with Crippen molar-refractivity contribution >= 4 is 17.2 Å². The molecule has 0 unspecified atom stereocenters. The van der Waals surface area contributed by atoms with Gasteiger partial charge in [-0.15, -0.1) is 11.3 Å². The maximum absolute atomic E-state index is 12.5. The first-order valence-corrected chi connectivity index (χ1v) is 9.56. The third kappa shape index (κ3) is 4.80. The van der Waals surface area contributed by atoms with Gasteiger partial charge in [0, 0.05) is 44.5 Å². The number of hydrogen-bond acceptors (Lipinski definition) is 5. The van der Waals surface area contributed by atoms with Crippen molar-refractivity contribution < 1.29 is 9.53 Å².